The first kappa shape index (κ1) is 15.0. The highest BCUT2D eigenvalue weighted by atomic mass is 16.6. The third-order valence-electron chi connectivity index (χ3n) is 2.40. The Labute approximate surface area is 112 Å². The van der Waals surface area contributed by atoms with Crippen LogP contribution in [-0.2, 0) is 9.53 Å². The SMILES string of the molecule is Cc1ccc(N(CC(=O)O)C(=O)OCC(C)C)cc1. The van der Waals surface area contributed by atoms with Crippen LogP contribution >= 0.6 is 0 Å². The molecule has 0 atom stereocenters. The van der Waals surface area contributed by atoms with E-state index >= 15 is 0 Å². The summed E-state index contributed by atoms with van der Waals surface area (Å²) in [7, 11) is 0. The van der Waals surface area contributed by atoms with E-state index in [0.717, 1.165) is 10.5 Å². The highest BCUT2D eigenvalue weighted by Gasteiger charge is 2.20. The minimum atomic E-state index is -1.08. The Balaban J connectivity index is 2.84. The van der Waals surface area contributed by atoms with Gasteiger partial charge in [-0.3, -0.25) is 9.69 Å². The number of aryl methyl sites for hydroxylation is 1. The maximum atomic E-state index is 11.9. The number of nitrogens with zero attached hydrogens (tertiary/aromatic N) is 1. The van der Waals surface area contributed by atoms with E-state index in [1.807, 2.05) is 32.9 Å². The van der Waals surface area contributed by atoms with Crippen LogP contribution in [0.2, 0.25) is 0 Å². The van der Waals surface area contributed by atoms with Crippen molar-refractivity contribution < 1.29 is 19.4 Å². The number of carbonyl (C=O) groups is 2. The molecule has 0 aromatic heterocycles. The topological polar surface area (TPSA) is 66.8 Å². The Hall–Kier alpha value is -2.04. The monoisotopic (exact) mass is 265 g/mol. The Bertz CT molecular complexity index is 439. The number of rotatable bonds is 5. The number of hydrogen-bond donors (Lipinski definition) is 1. The van der Waals surface area contributed by atoms with Gasteiger partial charge in [-0.05, 0) is 25.0 Å². The maximum Gasteiger partial charge on any atom is 0.414 e. The molecule has 0 bridgehead atoms. The highest BCUT2D eigenvalue weighted by Crippen LogP contribution is 2.16. The first-order chi connectivity index (χ1) is 8.90. The van der Waals surface area contributed by atoms with Crippen molar-refractivity contribution in [3.05, 3.63) is 29.8 Å². The Morgan fingerprint density at radius 3 is 2.32 bits per heavy atom. The van der Waals surface area contributed by atoms with E-state index in [9.17, 15) is 9.59 Å². The molecule has 1 aromatic rings. The van der Waals surface area contributed by atoms with Crippen molar-refractivity contribution in [2.75, 3.05) is 18.1 Å². The van der Waals surface area contributed by atoms with Crippen molar-refractivity contribution >= 4 is 17.7 Å². The molecule has 5 nitrogen and oxygen atoms in total. The predicted molar refractivity (Wildman–Crippen MR) is 72.3 cm³/mol. The zero-order chi connectivity index (χ0) is 14.4. The fourth-order valence-corrected chi connectivity index (χ4v) is 1.44. The molecule has 0 fully saturated rings. The number of carboxylic acids is 1. The number of benzene rings is 1. The molecule has 0 saturated heterocycles. The minimum absolute atomic E-state index is 0.202. The third-order valence-corrected chi connectivity index (χ3v) is 2.40. The lowest BCUT2D eigenvalue weighted by Crippen LogP contribution is -2.36. The average Bonchev–Trinajstić information content (AvgIpc) is 2.34. The first-order valence-corrected chi connectivity index (χ1v) is 6.13. The number of ether oxygens (including phenoxy) is 1. The van der Waals surface area contributed by atoms with Crippen LogP contribution in [0.1, 0.15) is 19.4 Å². The fourth-order valence-electron chi connectivity index (χ4n) is 1.44. The van der Waals surface area contributed by atoms with Crippen LogP contribution < -0.4 is 4.90 Å². The number of carboxylic acid groups (broad SMARTS) is 1. The van der Waals surface area contributed by atoms with Gasteiger partial charge in [0.05, 0.1) is 6.61 Å². The van der Waals surface area contributed by atoms with E-state index in [1.54, 1.807) is 12.1 Å². The summed E-state index contributed by atoms with van der Waals surface area (Å²) < 4.78 is 5.07. The second-order valence-electron chi connectivity index (χ2n) is 4.79. The maximum absolute atomic E-state index is 11.9. The Kier molecular flexibility index (Phi) is 5.36. The van der Waals surface area contributed by atoms with Crippen molar-refractivity contribution in [3.8, 4) is 0 Å². The predicted octanol–water partition coefficient (Wildman–Crippen LogP) is 2.68. The number of amides is 1. The number of hydrogen-bond acceptors (Lipinski definition) is 3. The summed E-state index contributed by atoms with van der Waals surface area (Å²) in [5.41, 5.74) is 1.55. The molecule has 5 heteroatoms. The summed E-state index contributed by atoms with van der Waals surface area (Å²) in [6.45, 7) is 5.60. The summed E-state index contributed by atoms with van der Waals surface area (Å²) in [5, 5.41) is 8.88. The molecule has 0 radical (unpaired) electrons. The van der Waals surface area contributed by atoms with Gasteiger partial charge < -0.3 is 9.84 Å². The van der Waals surface area contributed by atoms with Gasteiger partial charge in [0.25, 0.3) is 0 Å². The summed E-state index contributed by atoms with van der Waals surface area (Å²) >= 11 is 0. The first-order valence-electron chi connectivity index (χ1n) is 6.13. The molecule has 0 aliphatic rings. The van der Waals surface area contributed by atoms with E-state index < -0.39 is 18.6 Å². The van der Waals surface area contributed by atoms with Crippen molar-refractivity contribution in [1.82, 2.24) is 0 Å². The summed E-state index contributed by atoms with van der Waals surface area (Å²) in [4.78, 5) is 23.9. The molecule has 19 heavy (non-hydrogen) atoms. The summed E-state index contributed by atoms with van der Waals surface area (Å²) in [6.07, 6.45) is -0.639. The fraction of sp³-hybridized carbons (Fsp3) is 0.429. The molecule has 1 amide bonds. The third kappa shape index (κ3) is 4.99. The molecule has 0 heterocycles. The molecule has 0 aliphatic carbocycles. The van der Waals surface area contributed by atoms with Crippen molar-refractivity contribution in [1.29, 1.82) is 0 Å². The normalized spacial score (nSPS) is 10.3. The van der Waals surface area contributed by atoms with E-state index in [1.165, 1.54) is 0 Å². The standard InChI is InChI=1S/C14H19NO4/c1-10(2)9-19-14(18)15(8-13(16)17)12-6-4-11(3)5-7-12/h4-7,10H,8-9H2,1-3H3,(H,16,17). The summed E-state index contributed by atoms with van der Waals surface area (Å²) in [5.74, 6) is -0.879. The second-order valence-corrected chi connectivity index (χ2v) is 4.79. The number of carbonyl (C=O) groups excluding carboxylic acids is 1. The average molecular weight is 265 g/mol. The molecular weight excluding hydrogens is 246 g/mol. The van der Waals surface area contributed by atoms with Gasteiger partial charge in [0.1, 0.15) is 6.54 Å². The van der Waals surface area contributed by atoms with Crippen molar-refractivity contribution in [2.24, 2.45) is 5.92 Å². The van der Waals surface area contributed by atoms with Gasteiger partial charge in [0.2, 0.25) is 0 Å². The molecule has 0 aliphatic heterocycles. The van der Waals surface area contributed by atoms with Gasteiger partial charge in [0.15, 0.2) is 0 Å². The van der Waals surface area contributed by atoms with Gasteiger partial charge in [-0.1, -0.05) is 31.5 Å². The van der Waals surface area contributed by atoms with Crippen LogP contribution in [-0.4, -0.2) is 30.3 Å². The van der Waals surface area contributed by atoms with E-state index in [-0.39, 0.29) is 12.5 Å². The van der Waals surface area contributed by atoms with Crippen molar-refractivity contribution in [3.63, 3.8) is 0 Å². The zero-order valence-corrected chi connectivity index (χ0v) is 11.4. The minimum Gasteiger partial charge on any atom is -0.480 e. The highest BCUT2D eigenvalue weighted by molar-refractivity contribution is 5.92. The molecule has 1 aromatic carbocycles. The lowest BCUT2D eigenvalue weighted by Gasteiger charge is -2.21. The lowest BCUT2D eigenvalue weighted by atomic mass is 10.2. The molecule has 0 spiro atoms. The smallest absolute Gasteiger partial charge is 0.414 e. The molecule has 1 N–H and O–H groups in total. The van der Waals surface area contributed by atoms with E-state index in [0.29, 0.717) is 5.69 Å². The molecular formula is C14H19NO4. The van der Waals surface area contributed by atoms with Crippen LogP contribution in [0.3, 0.4) is 0 Å². The summed E-state index contributed by atoms with van der Waals surface area (Å²) in [6, 6.07) is 7.05. The van der Waals surface area contributed by atoms with Crippen LogP contribution in [0.25, 0.3) is 0 Å². The quantitative estimate of drug-likeness (QED) is 0.888. The Morgan fingerprint density at radius 1 is 1.26 bits per heavy atom. The number of anilines is 1. The number of aliphatic carboxylic acids is 1. The molecule has 1 rings (SSSR count). The zero-order valence-electron chi connectivity index (χ0n) is 11.4. The van der Waals surface area contributed by atoms with Crippen LogP contribution in [0.4, 0.5) is 10.5 Å². The van der Waals surface area contributed by atoms with Crippen LogP contribution in [0, 0.1) is 12.8 Å². The second kappa shape index (κ2) is 6.78. The van der Waals surface area contributed by atoms with Crippen LogP contribution in [0.15, 0.2) is 24.3 Å². The van der Waals surface area contributed by atoms with Crippen LogP contribution in [0.5, 0.6) is 0 Å². The van der Waals surface area contributed by atoms with E-state index in [4.69, 9.17) is 9.84 Å². The molecule has 104 valence electrons. The largest absolute Gasteiger partial charge is 0.480 e. The van der Waals surface area contributed by atoms with Gasteiger partial charge >= 0.3 is 12.1 Å². The van der Waals surface area contributed by atoms with Gasteiger partial charge in [-0.2, -0.15) is 0 Å². The Morgan fingerprint density at radius 2 is 1.84 bits per heavy atom. The molecule has 0 saturated carbocycles. The van der Waals surface area contributed by atoms with Crippen molar-refractivity contribution in [2.45, 2.75) is 20.8 Å². The molecule has 0 unspecified atom stereocenters. The van der Waals surface area contributed by atoms with Gasteiger partial charge in [-0.25, -0.2) is 4.79 Å². The van der Waals surface area contributed by atoms with E-state index in [2.05, 4.69) is 0 Å². The van der Waals surface area contributed by atoms with Gasteiger partial charge in [-0.15, -0.1) is 0 Å². The van der Waals surface area contributed by atoms with Gasteiger partial charge in [0, 0.05) is 5.69 Å². The lowest BCUT2D eigenvalue weighted by molar-refractivity contribution is -0.135.